The molecule has 3 heterocycles. The van der Waals surface area contributed by atoms with Gasteiger partial charge < -0.3 is 19.9 Å². The third-order valence-corrected chi connectivity index (χ3v) is 5.49. The van der Waals surface area contributed by atoms with E-state index in [1.807, 2.05) is 28.8 Å². The summed E-state index contributed by atoms with van der Waals surface area (Å²) in [7, 11) is 4.12. The highest BCUT2D eigenvalue weighted by atomic mass is 16.5. The Balaban J connectivity index is 1.65. The standard InChI is InChI=1S/C24H32N6O2/c1-4-5-6-22(31)25-20-9-7-19(8-10-20)23-26-24(29-11-13-32-14-12-29)21-15-18(16-28(2)3)17-30(21)27-23/h7-10,15,17H,4-6,11-14,16H2,1-3H3,(H,25,31). The Morgan fingerprint density at radius 1 is 1.19 bits per heavy atom. The maximum absolute atomic E-state index is 12.0. The molecular formula is C24H32N6O2. The van der Waals surface area contributed by atoms with Crippen molar-refractivity contribution in [1.82, 2.24) is 19.5 Å². The molecule has 0 atom stereocenters. The maximum atomic E-state index is 12.0. The molecule has 1 fully saturated rings. The number of anilines is 2. The summed E-state index contributed by atoms with van der Waals surface area (Å²) in [5, 5.41) is 7.76. The van der Waals surface area contributed by atoms with Crippen LogP contribution in [-0.4, -0.2) is 65.8 Å². The van der Waals surface area contributed by atoms with Crippen molar-refractivity contribution in [3.8, 4) is 11.4 Å². The summed E-state index contributed by atoms with van der Waals surface area (Å²) in [6.45, 7) is 5.93. The van der Waals surface area contributed by atoms with Gasteiger partial charge in [0.1, 0.15) is 5.52 Å². The van der Waals surface area contributed by atoms with Gasteiger partial charge in [0.05, 0.1) is 13.2 Å². The van der Waals surface area contributed by atoms with Crippen LogP contribution in [0.4, 0.5) is 11.5 Å². The summed E-state index contributed by atoms with van der Waals surface area (Å²) in [5.41, 5.74) is 3.91. The number of ether oxygens (including phenoxy) is 1. The van der Waals surface area contributed by atoms with Gasteiger partial charge in [0, 0.05) is 43.5 Å². The van der Waals surface area contributed by atoms with Crippen LogP contribution in [0.15, 0.2) is 36.5 Å². The molecule has 2 aromatic heterocycles. The van der Waals surface area contributed by atoms with E-state index in [0.29, 0.717) is 25.5 Å². The highest BCUT2D eigenvalue weighted by Gasteiger charge is 2.19. The molecule has 1 amide bonds. The van der Waals surface area contributed by atoms with E-state index in [1.54, 1.807) is 0 Å². The van der Waals surface area contributed by atoms with Crippen molar-refractivity contribution >= 4 is 22.9 Å². The number of fused-ring (bicyclic) bond motifs is 1. The molecule has 8 heteroatoms. The monoisotopic (exact) mass is 436 g/mol. The van der Waals surface area contributed by atoms with Crippen LogP contribution in [0.2, 0.25) is 0 Å². The number of hydrogen-bond donors (Lipinski definition) is 1. The molecule has 1 aliphatic rings. The van der Waals surface area contributed by atoms with Crippen molar-refractivity contribution < 1.29 is 9.53 Å². The molecule has 1 N–H and O–H groups in total. The SMILES string of the molecule is CCCCC(=O)Nc1ccc(-c2nc(N3CCOCC3)c3cc(CN(C)C)cn3n2)cc1. The van der Waals surface area contributed by atoms with Crippen LogP contribution in [-0.2, 0) is 16.1 Å². The van der Waals surface area contributed by atoms with Crippen molar-refractivity contribution in [3.63, 3.8) is 0 Å². The average Bonchev–Trinajstić information content (AvgIpc) is 3.19. The number of nitrogens with zero attached hydrogens (tertiary/aromatic N) is 5. The van der Waals surface area contributed by atoms with Gasteiger partial charge in [-0.1, -0.05) is 13.3 Å². The van der Waals surface area contributed by atoms with Crippen molar-refractivity contribution in [2.24, 2.45) is 0 Å². The molecular weight excluding hydrogens is 404 g/mol. The van der Waals surface area contributed by atoms with E-state index in [9.17, 15) is 4.79 Å². The second-order valence-corrected chi connectivity index (χ2v) is 8.50. The Hall–Kier alpha value is -2.97. The first kappa shape index (κ1) is 22.2. The Morgan fingerprint density at radius 3 is 2.62 bits per heavy atom. The second-order valence-electron chi connectivity index (χ2n) is 8.50. The van der Waals surface area contributed by atoms with Crippen molar-refractivity contribution in [3.05, 3.63) is 42.1 Å². The van der Waals surface area contributed by atoms with Crippen LogP contribution < -0.4 is 10.2 Å². The van der Waals surface area contributed by atoms with E-state index >= 15 is 0 Å². The molecule has 1 aromatic carbocycles. The minimum atomic E-state index is 0.0487. The first-order chi connectivity index (χ1) is 15.5. The fourth-order valence-electron chi connectivity index (χ4n) is 3.88. The van der Waals surface area contributed by atoms with Gasteiger partial charge >= 0.3 is 0 Å². The van der Waals surface area contributed by atoms with Crippen LogP contribution in [0.1, 0.15) is 31.7 Å². The molecule has 0 aliphatic carbocycles. The van der Waals surface area contributed by atoms with Crippen LogP contribution in [0.25, 0.3) is 16.9 Å². The zero-order chi connectivity index (χ0) is 22.5. The Labute approximate surface area is 189 Å². The third-order valence-electron chi connectivity index (χ3n) is 5.49. The van der Waals surface area contributed by atoms with Gasteiger partial charge in [0.25, 0.3) is 0 Å². The molecule has 1 aliphatic heterocycles. The van der Waals surface area contributed by atoms with Crippen molar-refractivity contribution in [2.75, 3.05) is 50.6 Å². The lowest BCUT2D eigenvalue weighted by Crippen LogP contribution is -2.37. The predicted octanol–water partition coefficient (Wildman–Crippen LogP) is 3.42. The lowest BCUT2D eigenvalue weighted by Gasteiger charge is -2.28. The van der Waals surface area contributed by atoms with E-state index in [-0.39, 0.29) is 5.91 Å². The molecule has 0 radical (unpaired) electrons. The van der Waals surface area contributed by atoms with Gasteiger partial charge in [-0.25, -0.2) is 9.50 Å². The molecule has 170 valence electrons. The predicted molar refractivity (Wildman–Crippen MR) is 127 cm³/mol. The largest absolute Gasteiger partial charge is 0.378 e. The average molecular weight is 437 g/mol. The lowest BCUT2D eigenvalue weighted by atomic mass is 10.2. The van der Waals surface area contributed by atoms with E-state index in [1.165, 1.54) is 5.56 Å². The number of rotatable bonds is 8. The number of morpholine rings is 1. The van der Waals surface area contributed by atoms with Gasteiger partial charge in [-0.15, -0.1) is 5.10 Å². The number of amides is 1. The number of unbranched alkanes of at least 4 members (excludes halogenated alkanes) is 1. The van der Waals surface area contributed by atoms with Gasteiger partial charge in [0.2, 0.25) is 5.91 Å². The molecule has 1 saturated heterocycles. The number of carbonyl (C=O) groups excluding carboxylic acids is 1. The molecule has 0 saturated carbocycles. The fourth-order valence-corrected chi connectivity index (χ4v) is 3.88. The zero-order valence-electron chi connectivity index (χ0n) is 19.2. The van der Waals surface area contributed by atoms with E-state index < -0.39 is 0 Å². The van der Waals surface area contributed by atoms with E-state index in [2.05, 4.69) is 48.4 Å². The van der Waals surface area contributed by atoms with Crippen LogP contribution in [0.5, 0.6) is 0 Å². The molecule has 4 rings (SSSR count). The van der Waals surface area contributed by atoms with Crippen molar-refractivity contribution in [2.45, 2.75) is 32.7 Å². The van der Waals surface area contributed by atoms with E-state index in [4.69, 9.17) is 14.8 Å². The number of hydrogen-bond acceptors (Lipinski definition) is 6. The Kier molecular flexibility index (Phi) is 7.02. The fraction of sp³-hybridized carbons (Fsp3) is 0.458. The molecule has 3 aromatic rings. The molecule has 8 nitrogen and oxygen atoms in total. The van der Waals surface area contributed by atoms with Crippen LogP contribution in [0, 0.1) is 0 Å². The minimum Gasteiger partial charge on any atom is -0.378 e. The molecule has 0 bridgehead atoms. The summed E-state index contributed by atoms with van der Waals surface area (Å²) in [5.74, 6) is 1.64. The summed E-state index contributed by atoms with van der Waals surface area (Å²) < 4.78 is 7.48. The number of carbonyl (C=O) groups is 1. The summed E-state index contributed by atoms with van der Waals surface area (Å²) in [6.07, 6.45) is 4.53. The maximum Gasteiger partial charge on any atom is 0.224 e. The zero-order valence-corrected chi connectivity index (χ0v) is 19.2. The summed E-state index contributed by atoms with van der Waals surface area (Å²) >= 11 is 0. The van der Waals surface area contributed by atoms with Crippen LogP contribution >= 0.6 is 0 Å². The number of benzene rings is 1. The molecule has 0 unspecified atom stereocenters. The summed E-state index contributed by atoms with van der Waals surface area (Å²) in [6, 6.07) is 9.92. The lowest BCUT2D eigenvalue weighted by molar-refractivity contribution is -0.116. The second kappa shape index (κ2) is 10.1. The highest BCUT2D eigenvalue weighted by molar-refractivity contribution is 5.90. The topological polar surface area (TPSA) is 75.0 Å². The number of nitrogens with one attached hydrogen (secondary N) is 1. The van der Waals surface area contributed by atoms with Gasteiger partial charge in [0.15, 0.2) is 11.6 Å². The minimum absolute atomic E-state index is 0.0487. The van der Waals surface area contributed by atoms with Crippen molar-refractivity contribution in [1.29, 1.82) is 0 Å². The highest BCUT2D eigenvalue weighted by Crippen LogP contribution is 2.27. The van der Waals surface area contributed by atoms with Gasteiger partial charge in [-0.3, -0.25) is 4.79 Å². The van der Waals surface area contributed by atoms with E-state index in [0.717, 1.165) is 55.1 Å². The first-order valence-electron chi connectivity index (χ1n) is 11.3. The number of aromatic nitrogens is 3. The Bertz CT molecular complexity index is 1050. The Morgan fingerprint density at radius 2 is 1.94 bits per heavy atom. The smallest absolute Gasteiger partial charge is 0.224 e. The molecule has 0 spiro atoms. The molecule has 32 heavy (non-hydrogen) atoms. The quantitative estimate of drug-likeness (QED) is 0.583. The van der Waals surface area contributed by atoms with Crippen LogP contribution in [0.3, 0.4) is 0 Å². The van der Waals surface area contributed by atoms with Gasteiger partial charge in [-0.2, -0.15) is 0 Å². The van der Waals surface area contributed by atoms with Gasteiger partial charge in [-0.05, 0) is 56.4 Å². The first-order valence-corrected chi connectivity index (χ1v) is 11.3. The third kappa shape index (κ3) is 5.26. The summed E-state index contributed by atoms with van der Waals surface area (Å²) in [4.78, 5) is 21.4. The normalized spacial score (nSPS) is 14.3.